The molecule has 0 fully saturated rings. The van der Waals surface area contributed by atoms with E-state index in [2.05, 4.69) is 5.32 Å². The number of carbonyl (C=O) groups is 1. The van der Waals surface area contributed by atoms with E-state index < -0.39 is 0 Å². The van der Waals surface area contributed by atoms with Gasteiger partial charge in [0, 0.05) is 12.5 Å². The van der Waals surface area contributed by atoms with E-state index in [0.29, 0.717) is 13.0 Å². The van der Waals surface area contributed by atoms with E-state index in [1.165, 1.54) is 5.56 Å². The average Bonchev–Trinajstić information content (AvgIpc) is 2.27. The summed E-state index contributed by atoms with van der Waals surface area (Å²) in [6.07, 6.45) is 0.342. The van der Waals surface area contributed by atoms with Crippen molar-refractivity contribution in [2.24, 2.45) is 5.73 Å². The van der Waals surface area contributed by atoms with Crippen LogP contribution in [-0.4, -0.2) is 24.6 Å². The molecule has 100 valence electrons. The molecule has 0 saturated carbocycles. The van der Waals surface area contributed by atoms with E-state index in [-0.39, 0.29) is 18.0 Å². The van der Waals surface area contributed by atoms with Crippen molar-refractivity contribution in [3.63, 3.8) is 0 Å². The SMILES string of the molecule is Cc1ccc(OCC(C)NC(=O)CC(C)N)cc1. The lowest BCUT2D eigenvalue weighted by atomic mass is 10.2. The zero-order chi connectivity index (χ0) is 13.5. The van der Waals surface area contributed by atoms with Gasteiger partial charge in [-0.2, -0.15) is 0 Å². The van der Waals surface area contributed by atoms with Crippen LogP contribution in [0.4, 0.5) is 0 Å². The molecular formula is C14H22N2O2. The van der Waals surface area contributed by atoms with Crippen LogP contribution < -0.4 is 15.8 Å². The van der Waals surface area contributed by atoms with E-state index in [9.17, 15) is 4.79 Å². The molecule has 1 amide bonds. The third-order valence-corrected chi connectivity index (χ3v) is 2.44. The van der Waals surface area contributed by atoms with Gasteiger partial charge in [0.15, 0.2) is 0 Å². The molecular weight excluding hydrogens is 228 g/mol. The Bertz CT molecular complexity index is 374. The molecule has 1 aromatic carbocycles. The molecule has 18 heavy (non-hydrogen) atoms. The lowest BCUT2D eigenvalue weighted by molar-refractivity contribution is -0.122. The Kier molecular flexibility index (Phi) is 5.65. The zero-order valence-electron chi connectivity index (χ0n) is 11.3. The molecule has 0 spiro atoms. The molecule has 1 rings (SSSR count). The van der Waals surface area contributed by atoms with Crippen molar-refractivity contribution in [3.8, 4) is 5.75 Å². The van der Waals surface area contributed by atoms with Crippen molar-refractivity contribution < 1.29 is 9.53 Å². The highest BCUT2D eigenvalue weighted by Gasteiger charge is 2.09. The van der Waals surface area contributed by atoms with Crippen molar-refractivity contribution in [2.75, 3.05) is 6.61 Å². The molecule has 0 heterocycles. The second-order valence-electron chi connectivity index (χ2n) is 4.77. The quantitative estimate of drug-likeness (QED) is 0.806. The average molecular weight is 250 g/mol. The third-order valence-electron chi connectivity index (χ3n) is 2.44. The summed E-state index contributed by atoms with van der Waals surface area (Å²) < 4.78 is 5.58. The van der Waals surface area contributed by atoms with Crippen molar-refractivity contribution >= 4 is 5.91 Å². The number of hydrogen-bond donors (Lipinski definition) is 2. The smallest absolute Gasteiger partial charge is 0.221 e. The third kappa shape index (κ3) is 5.68. The number of ether oxygens (including phenoxy) is 1. The highest BCUT2D eigenvalue weighted by Crippen LogP contribution is 2.11. The maximum atomic E-state index is 11.5. The molecule has 0 aliphatic carbocycles. The van der Waals surface area contributed by atoms with Gasteiger partial charge in [-0.3, -0.25) is 4.79 Å². The van der Waals surface area contributed by atoms with Crippen LogP contribution in [0.25, 0.3) is 0 Å². The van der Waals surface area contributed by atoms with Crippen molar-refractivity contribution in [3.05, 3.63) is 29.8 Å². The minimum Gasteiger partial charge on any atom is -0.491 e. The highest BCUT2D eigenvalue weighted by molar-refractivity contribution is 5.76. The van der Waals surface area contributed by atoms with Gasteiger partial charge < -0.3 is 15.8 Å². The summed E-state index contributed by atoms with van der Waals surface area (Å²) in [7, 11) is 0. The maximum absolute atomic E-state index is 11.5. The molecule has 3 N–H and O–H groups in total. The molecule has 0 radical (unpaired) electrons. The first-order chi connectivity index (χ1) is 8.47. The Balaban J connectivity index is 2.30. The molecule has 4 heteroatoms. The summed E-state index contributed by atoms with van der Waals surface area (Å²) in [4.78, 5) is 11.5. The van der Waals surface area contributed by atoms with Gasteiger partial charge in [-0.15, -0.1) is 0 Å². The van der Waals surface area contributed by atoms with E-state index >= 15 is 0 Å². The van der Waals surface area contributed by atoms with Crippen LogP contribution in [0, 0.1) is 6.92 Å². The Morgan fingerprint density at radius 2 is 1.94 bits per heavy atom. The van der Waals surface area contributed by atoms with Crippen LogP contribution in [0.5, 0.6) is 5.75 Å². The number of carbonyl (C=O) groups excluding carboxylic acids is 1. The Labute approximate surface area is 109 Å². The molecule has 0 aliphatic heterocycles. The number of rotatable bonds is 6. The van der Waals surface area contributed by atoms with Gasteiger partial charge >= 0.3 is 0 Å². The van der Waals surface area contributed by atoms with Crippen LogP contribution in [0.2, 0.25) is 0 Å². The summed E-state index contributed by atoms with van der Waals surface area (Å²) in [6, 6.07) is 7.69. The van der Waals surface area contributed by atoms with Crippen molar-refractivity contribution in [1.82, 2.24) is 5.32 Å². The Morgan fingerprint density at radius 3 is 2.50 bits per heavy atom. The Hall–Kier alpha value is -1.55. The first-order valence-electron chi connectivity index (χ1n) is 6.22. The minimum absolute atomic E-state index is 0.0300. The lowest BCUT2D eigenvalue weighted by Gasteiger charge is -2.15. The molecule has 2 atom stereocenters. The van der Waals surface area contributed by atoms with E-state index in [1.807, 2.05) is 45.0 Å². The summed E-state index contributed by atoms with van der Waals surface area (Å²) in [5.74, 6) is 0.777. The Morgan fingerprint density at radius 1 is 1.33 bits per heavy atom. The molecule has 0 bridgehead atoms. The van der Waals surface area contributed by atoms with Gasteiger partial charge in [-0.1, -0.05) is 17.7 Å². The first kappa shape index (κ1) is 14.5. The first-order valence-corrected chi connectivity index (χ1v) is 6.22. The molecule has 1 aromatic rings. The fourth-order valence-electron chi connectivity index (χ4n) is 1.52. The minimum atomic E-state index is -0.116. The van der Waals surface area contributed by atoms with E-state index in [4.69, 9.17) is 10.5 Å². The fourth-order valence-corrected chi connectivity index (χ4v) is 1.52. The summed E-state index contributed by atoms with van der Waals surface area (Å²) in [5, 5.41) is 2.85. The topological polar surface area (TPSA) is 64.3 Å². The highest BCUT2D eigenvalue weighted by atomic mass is 16.5. The van der Waals surface area contributed by atoms with Gasteiger partial charge in [-0.05, 0) is 32.9 Å². The van der Waals surface area contributed by atoms with Crippen LogP contribution in [0.15, 0.2) is 24.3 Å². The maximum Gasteiger partial charge on any atom is 0.221 e. The van der Waals surface area contributed by atoms with Crippen LogP contribution >= 0.6 is 0 Å². The van der Waals surface area contributed by atoms with E-state index in [0.717, 1.165) is 5.75 Å². The normalized spacial score (nSPS) is 13.8. The number of amides is 1. The van der Waals surface area contributed by atoms with Gasteiger partial charge in [0.2, 0.25) is 5.91 Å². The number of hydrogen-bond acceptors (Lipinski definition) is 3. The summed E-state index contributed by atoms with van der Waals surface area (Å²) in [5.41, 5.74) is 6.75. The van der Waals surface area contributed by atoms with Crippen LogP contribution in [0.1, 0.15) is 25.8 Å². The zero-order valence-corrected chi connectivity index (χ0v) is 11.3. The lowest BCUT2D eigenvalue weighted by Crippen LogP contribution is -2.39. The standard InChI is InChI=1S/C14H22N2O2/c1-10-4-6-13(7-5-10)18-9-12(3)16-14(17)8-11(2)15/h4-7,11-12H,8-9,15H2,1-3H3,(H,16,17). The van der Waals surface area contributed by atoms with Crippen molar-refractivity contribution in [1.29, 1.82) is 0 Å². The summed E-state index contributed by atoms with van der Waals surface area (Å²) in [6.45, 7) is 6.20. The molecule has 0 saturated heterocycles. The second-order valence-corrected chi connectivity index (χ2v) is 4.77. The molecule has 0 aliphatic rings. The fraction of sp³-hybridized carbons (Fsp3) is 0.500. The predicted octanol–water partition coefficient (Wildman–Crippen LogP) is 1.62. The number of benzene rings is 1. The molecule has 4 nitrogen and oxygen atoms in total. The molecule has 0 aromatic heterocycles. The largest absolute Gasteiger partial charge is 0.491 e. The summed E-state index contributed by atoms with van der Waals surface area (Å²) >= 11 is 0. The van der Waals surface area contributed by atoms with Gasteiger partial charge in [-0.25, -0.2) is 0 Å². The van der Waals surface area contributed by atoms with Crippen molar-refractivity contribution in [2.45, 2.75) is 39.3 Å². The number of nitrogens with one attached hydrogen (secondary N) is 1. The van der Waals surface area contributed by atoms with Gasteiger partial charge in [0.25, 0.3) is 0 Å². The van der Waals surface area contributed by atoms with Gasteiger partial charge in [0.05, 0.1) is 6.04 Å². The monoisotopic (exact) mass is 250 g/mol. The van der Waals surface area contributed by atoms with E-state index in [1.54, 1.807) is 0 Å². The second kappa shape index (κ2) is 7.01. The molecule has 2 unspecified atom stereocenters. The number of nitrogens with two attached hydrogens (primary N) is 1. The number of aryl methyl sites for hydroxylation is 1. The van der Waals surface area contributed by atoms with Gasteiger partial charge in [0.1, 0.15) is 12.4 Å². The van der Waals surface area contributed by atoms with Crippen LogP contribution in [0.3, 0.4) is 0 Å². The predicted molar refractivity (Wildman–Crippen MR) is 72.5 cm³/mol. The van der Waals surface area contributed by atoms with Crippen LogP contribution in [-0.2, 0) is 4.79 Å².